The highest BCUT2D eigenvalue weighted by Gasteiger charge is 2.59. The van der Waals surface area contributed by atoms with E-state index in [9.17, 15) is 9.59 Å². The molecule has 1 aromatic heterocycles. The van der Waals surface area contributed by atoms with Crippen LogP contribution in [-0.2, 0) is 21.1 Å². The summed E-state index contributed by atoms with van der Waals surface area (Å²) in [5.41, 5.74) is 2.26. The predicted octanol–water partition coefficient (Wildman–Crippen LogP) is 3.50. The van der Waals surface area contributed by atoms with E-state index in [0.29, 0.717) is 27.8 Å². The van der Waals surface area contributed by atoms with E-state index < -0.39 is 4.87 Å². The zero-order valence-corrected chi connectivity index (χ0v) is 18.6. The maximum atomic E-state index is 13.1. The maximum absolute atomic E-state index is 13.1. The van der Waals surface area contributed by atoms with Crippen LogP contribution < -0.4 is 15.1 Å². The van der Waals surface area contributed by atoms with Crippen molar-refractivity contribution in [2.24, 2.45) is 0 Å². The third kappa shape index (κ3) is 3.05. The molecule has 2 amide bonds. The number of aromatic amines is 1. The van der Waals surface area contributed by atoms with E-state index in [4.69, 9.17) is 28.6 Å². The van der Waals surface area contributed by atoms with Crippen LogP contribution in [-0.4, -0.2) is 32.4 Å². The van der Waals surface area contributed by atoms with Gasteiger partial charge in [-0.25, -0.2) is 9.69 Å². The van der Waals surface area contributed by atoms with E-state index in [1.807, 2.05) is 37.3 Å². The van der Waals surface area contributed by atoms with Gasteiger partial charge in [0.05, 0.1) is 5.75 Å². The second kappa shape index (κ2) is 7.40. The Hall–Kier alpha value is -2.82. The number of nitrogens with one attached hydrogen (secondary N) is 2. The summed E-state index contributed by atoms with van der Waals surface area (Å²) >= 11 is 12.8. The van der Waals surface area contributed by atoms with E-state index in [1.165, 1.54) is 21.4 Å². The number of aromatic nitrogens is 3. The lowest BCUT2D eigenvalue weighted by molar-refractivity contribution is -0.123. The number of para-hydroxylation sites is 1. The van der Waals surface area contributed by atoms with Crippen LogP contribution >= 0.6 is 35.6 Å². The molecule has 0 radical (unpaired) electrons. The molecule has 3 heterocycles. The largest absolute Gasteiger partial charge is 0.486 e. The highest BCUT2D eigenvalue weighted by molar-refractivity contribution is 8.02. The van der Waals surface area contributed by atoms with Crippen molar-refractivity contribution in [3.63, 3.8) is 0 Å². The van der Waals surface area contributed by atoms with Crippen molar-refractivity contribution >= 4 is 53.1 Å². The SMILES string of the molecule is Cc1cc(OCc2n[nH]c(=S)n2N2C(=O)CSC23C(=O)Nc2ccccc23)ccc1Cl. The number of thioether (sulfide) groups is 1. The topological polar surface area (TPSA) is 92.2 Å². The maximum Gasteiger partial charge on any atom is 0.267 e. The van der Waals surface area contributed by atoms with Gasteiger partial charge in [-0.2, -0.15) is 5.10 Å². The quantitative estimate of drug-likeness (QED) is 0.563. The lowest BCUT2D eigenvalue weighted by Gasteiger charge is -2.32. The number of rotatable bonds is 4. The summed E-state index contributed by atoms with van der Waals surface area (Å²) in [5.74, 6) is 0.546. The zero-order valence-electron chi connectivity index (χ0n) is 16.2. The molecule has 0 bridgehead atoms. The van der Waals surface area contributed by atoms with Gasteiger partial charge in [-0.05, 0) is 49.0 Å². The Bertz CT molecular complexity index is 1290. The number of carbonyl (C=O) groups excluding carboxylic acids is 2. The summed E-state index contributed by atoms with van der Waals surface area (Å²) in [7, 11) is 0. The van der Waals surface area contributed by atoms with Crippen LogP contribution in [0.25, 0.3) is 0 Å². The third-order valence-corrected chi connectivity index (χ3v) is 7.28. The molecule has 1 spiro atoms. The third-order valence-electron chi connectivity index (χ3n) is 5.20. The fraction of sp³-hybridized carbons (Fsp3) is 0.200. The second-order valence-electron chi connectivity index (χ2n) is 7.09. The Morgan fingerprint density at radius 2 is 2.10 bits per heavy atom. The van der Waals surface area contributed by atoms with Gasteiger partial charge in [0.1, 0.15) is 12.4 Å². The lowest BCUT2D eigenvalue weighted by Crippen LogP contribution is -2.54. The van der Waals surface area contributed by atoms with Crippen LogP contribution in [0.1, 0.15) is 17.0 Å². The molecule has 2 aromatic carbocycles. The lowest BCUT2D eigenvalue weighted by atomic mass is 10.1. The van der Waals surface area contributed by atoms with Crippen LogP contribution in [0.2, 0.25) is 5.02 Å². The smallest absolute Gasteiger partial charge is 0.267 e. The molecule has 5 rings (SSSR count). The summed E-state index contributed by atoms with van der Waals surface area (Å²) < 4.78 is 7.52. The molecule has 1 unspecified atom stereocenters. The summed E-state index contributed by atoms with van der Waals surface area (Å²) in [6.07, 6.45) is 0. The second-order valence-corrected chi connectivity index (χ2v) is 9.06. The van der Waals surface area contributed by atoms with Crippen molar-refractivity contribution in [2.45, 2.75) is 18.4 Å². The number of anilines is 1. The van der Waals surface area contributed by atoms with E-state index in [1.54, 1.807) is 12.1 Å². The minimum Gasteiger partial charge on any atom is -0.486 e. The van der Waals surface area contributed by atoms with Gasteiger partial charge < -0.3 is 10.1 Å². The summed E-state index contributed by atoms with van der Waals surface area (Å²) in [4.78, 5) is 24.9. The number of H-pyrrole nitrogens is 1. The van der Waals surface area contributed by atoms with Crippen molar-refractivity contribution < 1.29 is 14.3 Å². The molecule has 1 atom stereocenters. The summed E-state index contributed by atoms with van der Waals surface area (Å²) in [6, 6.07) is 12.6. The van der Waals surface area contributed by atoms with Gasteiger partial charge >= 0.3 is 0 Å². The van der Waals surface area contributed by atoms with Gasteiger partial charge in [0, 0.05) is 16.3 Å². The van der Waals surface area contributed by atoms with Crippen LogP contribution in [0.15, 0.2) is 42.5 Å². The summed E-state index contributed by atoms with van der Waals surface area (Å²) in [6.45, 7) is 1.91. The molecular weight excluding hydrogens is 458 g/mol. The average Bonchev–Trinajstić information content (AvgIpc) is 3.38. The Morgan fingerprint density at radius 1 is 1.29 bits per heavy atom. The number of benzene rings is 2. The number of halogens is 1. The molecule has 31 heavy (non-hydrogen) atoms. The number of nitrogens with zero attached hydrogens (tertiary/aromatic N) is 3. The molecule has 158 valence electrons. The molecule has 11 heteroatoms. The molecular formula is C20H16ClN5O3S2. The standard InChI is InChI=1S/C20H16ClN5O3S2/c1-11-8-12(6-7-14(11)21)29-9-16-23-24-19(30)25(16)26-17(27)10-31-20(26)13-4-2-3-5-15(13)22-18(20)28/h2-8H,9-10H2,1H3,(H,22,28)(H,24,30). The van der Waals surface area contributed by atoms with Gasteiger partial charge in [0.25, 0.3) is 11.8 Å². The molecule has 2 aliphatic heterocycles. The predicted molar refractivity (Wildman–Crippen MR) is 120 cm³/mol. The first-order valence-electron chi connectivity index (χ1n) is 9.35. The van der Waals surface area contributed by atoms with Crippen LogP contribution in [0, 0.1) is 11.7 Å². The minimum absolute atomic E-state index is 0.0298. The minimum atomic E-state index is -1.26. The molecule has 8 nitrogen and oxygen atoms in total. The van der Waals surface area contributed by atoms with Crippen molar-refractivity contribution in [3.8, 4) is 5.75 Å². The Kier molecular flexibility index (Phi) is 4.80. The van der Waals surface area contributed by atoms with Gasteiger partial charge in [-0.1, -0.05) is 29.8 Å². The van der Waals surface area contributed by atoms with E-state index in [2.05, 4.69) is 15.5 Å². The Labute approximate surface area is 191 Å². The number of aryl methyl sites for hydroxylation is 1. The molecule has 2 aliphatic rings. The average molecular weight is 474 g/mol. The first-order valence-corrected chi connectivity index (χ1v) is 11.1. The molecule has 1 saturated heterocycles. The fourth-order valence-electron chi connectivity index (χ4n) is 3.77. The molecule has 0 aliphatic carbocycles. The van der Waals surface area contributed by atoms with Gasteiger partial charge in [-0.3, -0.25) is 14.7 Å². The fourth-order valence-corrected chi connectivity index (χ4v) is 5.39. The van der Waals surface area contributed by atoms with Crippen LogP contribution in [0.4, 0.5) is 5.69 Å². The zero-order chi connectivity index (χ0) is 21.8. The normalized spacial score (nSPS) is 19.7. The van der Waals surface area contributed by atoms with Crippen molar-refractivity contribution in [1.82, 2.24) is 14.9 Å². The number of ether oxygens (including phenoxy) is 1. The number of amides is 2. The van der Waals surface area contributed by atoms with Gasteiger partial charge in [0.15, 0.2) is 5.82 Å². The summed E-state index contributed by atoms with van der Waals surface area (Å²) in [5, 5.41) is 11.9. The highest BCUT2D eigenvalue weighted by Crippen LogP contribution is 2.51. The number of carbonyl (C=O) groups is 2. The van der Waals surface area contributed by atoms with Crippen LogP contribution in [0.3, 0.4) is 0 Å². The van der Waals surface area contributed by atoms with Gasteiger partial charge in [0.2, 0.25) is 9.64 Å². The Balaban J connectivity index is 1.55. The van der Waals surface area contributed by atoms with E-state index >= 15 is 0 Å². The number of fused-ring (bicyclic) bond motifs is 2. The first-order chi connectivity index (χ1) is 14.9. The number of hydrogen-bond acceptors (Lipinski definition) is 6. The number of hydrogen-bond donors (Lipinski definition) is 2. The van der Waals surface area contributed by atoms with E-state index in [-0.39, 0.29) is 28.9 Å². The molecule has 2 N–H and O–H groups in total. The van der Waals surface area contributed by atoms with E-state index in [0.717, 1.165) is 5.56 Å². The molecule has 1 fully saturated rings. The highest BCUT2D eigenvalue weighted by atomic mass is 35.5. The van der Waals surface area contributed by atoms with Gasteiger partial charge in [-0.15, -0.1) is 11.8 Å². The van der Waals surface area contributed by atoms with Crippen LogP contribution in [0.5, 0.6) is 5.75 Å². The molecule has 0 saturated carbocycles. The van der Waals surface area contributed by atoms with Crippen molar-refractivity contribution in [3.05, 3.63) is 69.2 Å². The molecule has 3 aromatic rings. The Morgan fingerprint density at radius 3 is 2.90 bits per heavy atom. The first kappa shape index (κ1) is 20.1. The van der Waals surface area contributed by atoms with Crippen molar-refractivity contribution in [2.75, 3.05) is 16.1 Å². The van der Waals surface area contributed by atoms with Crippen molar-refractivity contribution in [1.29, 1.82) is 0 Å². The monoisotopic (exact) mass is 473 g/mol.